The second-order valence-corrected chi connectivity index (χ2v) is 6.97. The molecule has 2 nitrogen and oxygen atoms in total. The number of nitrogens with one attached hydrogen (secondary N) is 1. The summed E-state index contributed by atoms with van der Waals surface area (Å²) in [5, 5.41) is 3.83. The Hall–Kier alpha value is -0.890. The summed E-state index contributed by atoms with van der Waals surface area (Å²) in [5.41, 5.74) is 2.88. The molecule has 3 rings (SSSR count). The molecule has 1 aromatic heterocycles. The van der Waals surface area contributed by atoms with Crippen molar-refractivity contribution in [3.63, 3.8) is 0 Å². The van der Waals surface area contributed by atoms with Crippen molar-refractivity contribution in [3.8, 4) is 0 Å². The first-order valence-electron chi connectivity index (χ1n) is 9.00. The van der Waals surface area contributed by atoms with E-state index in [9.17, 15) is 0 Å². The molecule has 0 aliphatic heterocycles. The molecule has 0 aromatic carbocycles. The Morgan fingerprint density at radius 2 is 2.00 bits per heavy atom. The van der Waals surface area contributed by atoms with Gasteiger partial charge in [0.25, 0.3) is 0 Å². The monoisotopic (exact) mass is 286 g/mol. The van der Waals surface area contributed by atoms with Crippen molar-refractivity contribution in [3.05, 3.63) is 29.6 Å². The molecular weight excluding hydrogens is 256 g/mol. The highest BCUT2D eigenvalue weighted by atomic mass is 14.9. The Morgan fingerprint density at radius 3 is 2.71 bits per heavy atom. The molecule has 116 valence electrons. The lowest BCUT2D eigenvalue weighted by Gasteiger charge is -2.37. The van der Waals surface area contributed by atoms with Crippen LogP contribution in [0.2, 0.25) is 0 Å². The molecule has 2 atom stereocenters. The Balaban J connectivity index is 1.74. The van der Waals surface area contributed by atoms with E-state index in [2.05, 4.69) is 31.3 Å². The van der Waals surface area contributed by atoms with Gasteiger partial charge in [-0.25, -0.2) is 0 Å². The van der Waals surface area contributed by atoms with E-state index in [0.29, 0.717) is 12.0 Å². The van der Waals surface area contributed by atoms with E-state index in [1.165, 1.54) is 56.2 Å². The predicted octanol–water partition coefficient (Wildman–Crippen LogP) is 4.31. The molecule has 21 heavy (non-hydrogen) atoms. The van der Waals surface area contributed by atoms with Gasteiger partial charge in [-0.15, -0.1) is 0 Å². The zero-order valence-electron chi connectivity index (χ0n) is 13.6. The first-order chi connectivity index (χ1) is 10.3. The normalized spacial score (nSPS) is 30.1. The summed E-state index contributed by atoms with van der Waals surface area (Å²) in [6.07, 6.45) is 11.6. The summed E-state index contributed by atoms with van der Waals surface area (Å²) in [7, 11) is 0. The van der Waals surface area contributed by atoms with Gasteiger partial charge in [-0.2, -0.15) is 0 Å². The van der Waals surface area contributed by atoms with E-state index in [4.69, 9.17) is 4.98 Å². The maximum absolute atomic E-state index is 4.73. The van der Waals surface area contributed by atoms with Crippen LogP contribution in [0.4, 0.5) is 0 Å². The standard InChI is InChI=1S/C19H30N2/c1-3-14-7-9-16(10-8-14)18(20-4-2)17-12-11-15-6-5-13-21-19(15)17/h5-6,13-14,16-18,20H,3-4,7-12H2,1-2H3. The zero-order chi connectivity index (χ0) is 14.7. The molecule has 0 radical (unpaired) electrons. The minimum absolute atomic E-state index is 0.643. The summed E-state index contributed by atoms with van der Waals surface area (Å²) >= 11 is 0. The molecule has 1 saturated carbocycles. The number of likely N-dealkylation sites (N-methyl/N-ethyl adjacent to an activating group) is 1. The van der Waals surface area contributed by atoms with Crippen molar-refractivity contribution in [1.29, 1.82) is 0 Å². The van der Waals surface area contributed by atoms with Crippen molar-refractivity contribution in [2.24, 2.45) is 11.8 Å². The van der Waals surface area contributed by atoms with Crippen molar-refractivity contribution in [2.75, 3.05) is 6.54 Å². The van der Waals surface area contributed by atoms with Gasteiger partial charge in [-0.3, -0.25) is 4.98 Å². The largest absolute Gasteiger partial charge is 0.313 e. The van der Waals surface area contributed by atoms with Crippen LogP contribution in [0, 0.1) is 11.8 Å². The van der Waals surface area contributed by atoms with Crippen LogP contribution in [0.1, 0.15) is 69.5 Å². The predicted molar refractivity (Wildman–Crippen MR) is 88.5 cm³/mol. The Bertz CT molecular complexity index is 449. The second-order valence-electron chi connectivity index (χ2n) is 6.97. The molecule has 0 spiro atoms. The summed E-state index contributed by atoms with van der Waals surface area (Å²) in [5.74, 6) is 2.48. The summed E-state index contributed by atoms with van der Waals surface area (Å²) < 4.78 is 0. The van der Waals surface area contributed by atoms with Crippen LogP contribution < -0.4 is 5.32 Å². The van der Waals surface area contributed by atoms with E-state index >= 15 is 0 Å². The number of pyridine rings is 1. The summed E-state index contributed by atoms with van der Waals surface area (Å²) in [6, 6.07) is 5.01. The van der Waals surface area contributed by atoms with Gasteiger partial charge in [0, 0.05) is 23.9 Å². The lowest BCUT2D eigenvalue weighted by Crippen LogP contribution is -2.42. The Labute approximate surface area is 129 Å². The number of aryl methyl sites for hydroxylation is 1. The Morgan fingerprint density at radius 1 is 1.19 bits per heavy atom. The SMILES string of the molecule is CCNC(C1CCC(CC)CC1)C1CCc2cccnc21. The van der Waals surface area contributed by atoms with Crippen LogP contribution in [-0.2, 0) is 6.42 Å². The molecule has 0 amide bonds. The number of rotatable bonds is 5. The average Bonchev–Trinajstić information content (AvgIpc) is 2.97. The number of nitrogens with zero attached hydrogens (tertiary/aromatic N) is 1. The molecule has 0 bridgehead atoms. The maximum atomic E-state index is 4.73. The Kier molecular flexibility index (Phi) is 4.95. The third kappa shape index (κ3) is 3.15. The summed E-state index contributed by atoms with van der Waals surface area (Å²) in [6.45, 7) is 5.68. The minimum atomic E-state index is 0.643. The molecule has 1 fully saturated rings. The van der Waals surface area contributed by atoms with Gasteiger partial charge in [0.2, 0.25) is 0 Å². The molecule has 2 unspecified atom stereocenters. The van der Waals surface area contributed by atoms with Gasteiger partial charge < -0.3 is 5.32 Å². The quantitative estimate of drug-likeness (QED) is 0.872. The highest BCUT2D eigenvalue weighted by molar-refractivity contribution is 5.30. The van der Waals surface area contributed by atoms with E-state index in [0.717, 1.165) is 18.4 Å². The van der Waals surface area contributed by atoms with Crippen LogP contribution in [0.5, 0.6) is 0 Å². The lowest BCUT2D eigenvalue weighted by atomic mass is 9.74. The highest BCUT2D eigenvalue weighted by Crippen LogP contribution is 2.41. The number of aromatic nitrogens is 1. The fourth-order valence-electron chi connectivity index (χ4n) is 4.62. The average molecular weight is 286 g/mol. The number of fused-ring (bicyclic) bond motifs is 1. The molecule has 2 heteroatoms. The third-order valence-corrected chi connectivity index (χ3v) is 5.85. The lowest BCUT2D eigenvalue weighted by molar-refractivity contribution is 0.198. The first kappa shape index (κ1) is 15.0. The first-order valence-corrected chi connectivity index (χ1v) is 9.00. The van der Waals surface area contributed by atoms with Crippen LogP contribution in [0.3, 0.4) is 0 Å². The molecule has 2 aliphatic carbocycles. The molecule has 1 heterocycles. The van der Waals surface area contributed by atoms with Gasteiger partial charge in [0.1, 0.15) is 0 Å². The van der Waals surface area contributed by atoms with Gasteiger partial charge >= 0.3 is 0 Å². The molecule has 1 aromatic rings. The van der Waals surface area contributed by atoms with Gasteiger partial charge in [-0.1, -0.05) is 39.2 Å². The third-order valence-electron chi connectivity index (χ3n) is 5.85. The van der Waals surface area contributed by atoms with Crippen LogP contribution in [0.15, 0.2) is 18.3 Å². The smallest absolute Gasteiger partial charge is 0.0482 e. The zero-order valence-corrected chi connectivity index (χ0v) is 13.6. The van der Waals surface area contributed by atoms with E-state index in [-0.39, 0.29) is 0 Å². The molecule has 2 aliphatic rings. The fraction of sp³-hybridized carbons (Fsp3) is 0.737. The topological polar surface area (TPSA) is 24.9 Å². The van der Waals surface area contributed by atoms with Gasteiger partial charge in [-0.05, 0) is 55.7 Å². The minimum Gasteiger partial charge on any atom is -0.313 e. The molecular formula is C19H30N2. The van der Waals surface area contributed by atoms with Crippen molar-refractivity contribution < 1.29 is 0 Å². The van der Waals surface area contributed by atoms with Crippen molar-refractivity contribution >= 4 is 0 Å². The van der Waals surface area contributed by atoms with Gasteiger partial charge in [0.15, 0.2) is 0 Å². The highest BCUT2D eigenvalue weighted by Gasteiger charge is 2.36. The number of hydrogen-bond acceptors (Lipinski definition) is 2. The summed E-state index contributed by atoms with van der Waals surface area (Å²) in [4.78, 5) is 4.73. The van der Waals surface area contributed by atoms with Crippen molar-refractivity contribution in [1.82, 2.24) is 10.3 Å². The number of hydrogen-bond donors (Lipinski definition) is 1. The van der Waals surface area contributed by atoms with Gasteiger partial charge in [0.05, 0.1) is 0 Å². The van der Waals surface area contributed by atoms with E-state index in [1.54, 1.807) is 0 Å². The molecule has 1 N–H and O–H groups in total. The maximum Gasteiger partial charge on any atom is 0.0482 e. The van der Waals surface area contributed by atoms with E-state index in [1.807, 2.05) is 6.20 Å². The van der Waals surface area contributed by atoms with Crippen LogP contribution >= 0.6 is 0 Å². The van der Waals surface area contributed by atoms with Crippen molar-refractivity contribution in [2.45, 2.75) is 70.8 Å². The van der Waals surface area contributed by atoms with E-state index < -0.39 is 0 Å². The van der Waals surface area contributed by atoms with Crippen LogP contribution in [-0.4, -0.2) is 17.6 Å². The van der Waals surface area contributed by atoms with Crippen LogP contribution in [0.25, 0.3) is 0 Å². The molecule has 0 saturated heterocycles. The second kappa shape index (κ2) is 6.91. The fourth-order valence-corrected chi connectivity index (χ4v) is 4.62.